The lowest BCUT2D eigenvalue weighted by Gasteiger charge is -2.34. The minimum absolute atomic E-state index is 0. The highest BCUT2D eigenvalue weighted by Crippen LogP contribution is 2.31. The summed E-state index contributed by atoms with van der Waals surface area (Å²) in [6.07, 6.45) is 4.78. The van der Waals surface area contributed by atoms with Gasteiger partial charge in [0.15, 0.2) is 0 Å². The Balaban J connectivity index is 0.00000243. The number of hydrogen-bond acceptors (Lipinski definition) is 4. The molecule has 2 aliphatic rings. The summed E-state index contributed by atoms with van der Waals surface area (Å²) in [6, 6.07) is 5.72. The van der Waals surface area contributed by atoms with Crippen LogP contribution in [0.4, 0.5) is 5.69 Å². The number of fused-ring (bicyclic) bond motifs is 1. The summed E-state index contributed by atoms with van der Waals surface area (Å²) >= 11 is 0. The minimum Gasteiger partial charge on any atom is -0.336 e. The van der Waals surface area contributed by atoms with E-state index in [1.165, 1.54) is 10.6 Å². The fourth-order valence-electron chi connectivity index (χ4n) is 3.82. The molecule has 0 aromatic heterocycles. The van der Waals surface area contributed by atoms with Gasteiger partial charge in [-0.25, -0.2) is 8.42 Å². The summed E-state index contributed by atoms with van der Waals surface area (Å²) in [5.41, 5.74) is 2.32. The van der Waals surface area contributed by atoms with Crippen molar-refractivity contribution < 1.29 is 13.2 Å². The molecule has 3 rings (SSSR count). The Hall–Kier alpha value is -1.31. The molecule has 2 aliphatic heterocycles. The molecule has 8 heteroatoms. The van der Waals surface area contributed by atoms with Gasteiger partial charge >= 0.3 is 0 Å². The zero-order chi connectivity index (χ0) is 18.0. The van der Waals surface area contributed by atoms with Gasteiger partial charge in [-0.1, -0.05) is 6.92 Å². The first-order valence-corrected chi connectivity index (χ1v) is 10.9. The zero-order valence-electron chi connectivity index (χ0n) is 15.4. The largest absolute Gasteiger partial charge is 0.336 e. The van der Waals surface area contributed by atoms with Crippen LogP contribution in [0.1, 0.15) is 42.1 Å². The van der Waals surface area contributed by atoms with E-state index in [1.54, 1.807) is 12.1 Å². The number of sulfonamides is 1. The van der Waals surface area contributed by atoms with Crippen LogP contribution in [-0.2, 0) is 16.4 Å². The number of carbonyl (C=O) groups is 1. The number of benzene rings is 1. The average Bonchev–Trinajstić information content (AvgIpc) is 3.03. The van der Waals surface area contributed by atoms with E-state index in [2.05, 4.69) is 12.2 Å². The molecule has 1 aromatic carbocycles. The van der Waals surface area contributed by atoms with Crippen molar-refractivity contribution in [3.63, 3.8) is 0 Å². The lowest BCUT2D eigenvalue weighted by molar-refractivity contribution is 0.0642. The van der Waals surface area contributed by atoms with Crippen LogP contribution in [0.15, 0.2) is 18.2 Å². The molecule has 0 bridgehead atoms. The van der Waals surface area contributed by atoms with Crippen LogP contribution in [0.3, 0.4) is 0 Å². The van der Waals surface area contributed by atoms with Gasteiger partial charge in [0.2, 0.25) is 10.0 Å². The number of carbonyl (C=O) groups excluding carboxylic acids is 1. The smallest absolute Gasteiger partial charge is 0.254 e. The molecule has 6 nitrogen and oxygen atoms in total. The van der Waals surface area contributed by atoms with E-state index in [9.17, 15) is 13.2 Å². The lowest BCUT2D eigenvalue weighted by atomic mass is 10.0. The van der Waals surface area contributed by atoms with E-state index in [0.29, 0.717) is 24.2 Å². The second-order valence-corrected chi connectivity index (χ2v) is 8.82. The molecule has 0 spiro atoms. The molecule has 146 valence electrons. The SMILES string of the molecule is CCCN(C(=O)c1ccc2c(c1)CCN2S(C)(=O)=O)C1CCNCC1.Cl. The van der Waals surface area contributed by atoms with E-state index in [-0.39, 0.29) is 24.4 Å². The van der Waals surface area contributed by atoms with E-state index >= 15 is 0 Å². The molecule has 0 saturated carbocycles. The Morgan fingerprint density at radius 3 is 2.62 bits per heavy atom. The fraction of sp³-hybridized carbons (Fsp3) is 0.611. The third-order valence-electron chi connectivity index (χ3n) is 5.05. The predicted molar refractivity (Wildman–Crippen MR) is 107 cm³/mol. The van der Waals surface area contributed by atoms with Crippen molar-refractivity contribution in [2.45, 2.75) is 38.6 Å². The van der Waals surface area contributed by atoms with Crippen LogP contribution in [0.25, 0.3) is 0 Å². The van der Waals surface area contributed by atoms with E-state index < -0.39 is 10.0 Å². The van der Waals surface area contributed by atoms with Gasteiger partial charge in [-0.2, -0.15) is 0 Å². The van der Waals surface area contributed by atoms with Gasteiger partial charge in [-0.05, 0) is 62.5 Å². The second kappa shape index (κ2) is 8.59. The number of halogens is 1. The van der Waals surface area contributed by atoms with Crippen molar-refractivity contribution in [3.05, 3.63) is 29.3 Å². The maximum atomic E-state index is 13.1. The predicted octanol–water partition coefficient (Wildman–Crippen LogP) is 2.03. The third-order valence-corrected chi connectivity index (χ3v) is 6.23. The summed E-state index contributed by atoms with van der Waals surface area (Å²) in [5.74, 6) is 0.0642. The van der Waals surface area contributed by atoms with Gasteiger partial charge in [0, 0.05) is 24.7 Å². The normalized spacial score (nSPS) is 17.5. The molecule has 1 N–H and O–H groups in total. The van der Waals surface area contributed by atoms with Gasteiger partial charge in [0.05, 0.1) is 11.9 Å². The van der Waals surface area contributed by atoms with Gasteiger partial charge in [-0.3, -0.25) is 9.10 Å². The number of nitrogens with one attached hydrogen (secondary N) is 1. The first-order chi connectivity index (χ1) is 11.9. The van der Waals surface area contributed by atoms with Crippen molar-refractivity contribution >= 4 is 34.0 Å². The topological polar surface area (TPSA) is 69.7 Å². The summed E-state index contributed by atoms with van der Waals surface area (Å²) in [4.78, 5) is 15.1. The highest BCUT2D eigenvalue weighted by Gasteiger charge is 2.29. The summed E-state index contributed by atoms with van der Waals surface area (Å²) in [7, 11) is -3.26. The fourth-order valence-corrected chi connectivity index (χ4v) is 4.78. The van der Waals surface area contributed by atoms with E-state index in [0.717, 1.165) is 44.5 Å². The molecule has 1 aromatic rings. The highest BCUT2D eigenvalue weighted by atomic mass is 35.5. The van der Waals surface area contributed by atoms with Gasteiger partial charge in [-0.15, -0.1) is 12.4 Å². The Kier molecular flexibility index (Phi) is 6.93. The average molecular weight is 402 g/mol. The quantitative estimate of drug-likeness (QED) is 0.819. The molecule has 1 fully saturated rings. The Labute approximate surface area is 162 Å². The number of anilines is 1. The number of rotatable bonds is 5. The van der Waals surface area contributed by atoms with Crippen molar-refractivity contribution in [2.24, 2.45) is 0 Å². The van der Waals surface area contributed by atoms with Crippen LogP contribution >= 0.6 is 12.4 Å². The Morgan fingerprint density at radius 2 is 2.00 bits per heavy atom. The zero-order valence-corrected chi connectivity index (χ0v) is 17.0. The summed E-state index contributed by atoms with van der Waals surface area (Å²) in [5, 5.41) is 3.34. The molecule has 1 saturated heterocycles. The first kappa shape index (κ1) is 21.0. The molecule has 2 heterocycles. The molecule has 26 heavy (non-hydrogen) atoms. The maximum Gasteiger partial charge on any atom is 0.254 e. The van der Waals surface area contributed by atoms with Crippen LogP contribution < -0.4 is 9.62 Å². The van der Waals surface area contributed by atoms with Crippen molar-refractivity contribution in [1.82, 2.24) is 10.2 Å². The monoisotopic (exact) mass is 401 g/mol. The number of nitrogens with zero attached hydrogens (tertiary/aromatic N) is 2. The first-order valence-electron chi connectivity index (χ1n) is 9.04. The molecule has 1 amide bonds. The van der Waals surface area contributed by atoms with E-state index in [4.69, 9.17) is 0 Å². The number of amides is 1. The highest BCUT2D eigenvalue weighted by molar-refractivity contribution is 7.92. The molecule has 0 unspecified atom stereocenters. The molecule has 0 radical (unpaired) electrons. The lowest BCUT2D eigenvalue weighted by Crippen LogP contribution is -2.46. The summed E-state index contributed by atoms with van der Waals surface area (Å²) in [6.45, 7) is 5.21. The standard InChI is InChI=1S/C18H27N3O3S.ClH/c1-3-11-20(16-6-9-19-10-7-16)18(22)15-4-5-17-14(13-15)8-12-21(17)25(2,23)24;/h4-5,13,16,19H,3,6-12H2,1-2H3;1H. The minimum atomic E-state index is -3.26. The van der Waals surface area contributed by atoms with Crippen molar-refractivity contribution in [1.29, 1.82) is 0 Å². The van der Waals surface area contributed by atoms with Crippen molar-refractivity contribution in [3.8, 4) is 0 Å². The third kappa shape index (κ3) is 4.32. The second-order valence-electron chi connectivity index (χ2n) is 6.91. The Bertz CT molecular complexity index is 748. The molecule has 0 atom stereocenters. The van der Waals surface area contributed by atoms with E-state index in [1.807, 2.05) is 11.0 Å². The number of piperidine rings is 1. The van der Waals surface area contributed by atoms with Gasteiger partial charge < -0.3 is 10.2 Å². The van der Waals surface area contributed by atoms with Crippen LogP contribution in [0, 0.1) is 0 Å². The van der Waals surface area contributed by atoms with Crippen LogP contribution in [0.2, 0.25) is 0 Å². The van der Waals surface area contributed by atoms with Crippen LogP contribution in [0.5, 0.6) is 0 Å². The molecular weight excluding hydrogens is 374 g/mol. The maximum absolute atomic E-state index is 13.1. The molecular formula is C18H28ClN3O3S. The van der Waals surface area contributed by atoms with Gasteiger partial charge in [0.25, 0.3) is 5.91 Å². The number of hydrogen-bond donors (Lipinski definition) is 1. The van der Waals surface area contributed by atoms with Crippen LogP contribution in [-0.4, -0.2) is 57.7 Å². The Morgan fingerprint density at radius 1 is 1.31 bits per heavy atom. The molecule has 0 aliphatic carbocycles. The summed E-state index contributed by atoms with van der Waals surface area (Å²) < 4.78 is 25.1. The van der Waals surface area contributed by atoms with Crippen molar-refractivity contribution in [2.75, 3.05) is 36.7 Å². The van der Waals surface area contributed by atoms with Gasteiger partial charge in [0.1, 0.15) is 0 Å².